The molecule has 4 rings (SSSR count). The third-order valence-corrected chi connectivity index (χ3v) is 4.95. The van der Waals surface area contributed by atoms with Crippen LogP contribution in [0.3, 0.4) is 0 Å². The highest BCUT2D eigenvalue weighted by atomic mass is 16.7. The van der Waals surface area contributed by atoms with E-state index in [9.17, 15) is 0 Å². The van der Waals surface area contributed by atoms with Gasteiger partial charge in [-0.05, 0) is 29.3 Å². The van der Waals surface area contributed by atoms with E-state index in [0.717, 1.165) is 22.4 Å². The fourth-order valence-corrected chi connectivity index (χ4v) is 3.33. The summed E-state index contributed by atoms with van der Waals surface area (Å²) in [5.41, 5.74) is 3.25. The van der Waals surface area contributed by atoms with Crippen LogP contribution in [0, 0.1) is 0 Å². The monoisotopic (exact) mass is 392 g/mol. The van der Waals surface area contributed by atoms with Gasteiger partial charge < -0.3 is 24.1 Å². The van der Waals surface area contributed by atoms with Crippen molar-refractivity contribution in [2.75, 3.05) is 20.0 Å². The molecule has 1 aliphatic heterocycles. The summed E-state index contributed by atoms with van der Waals surface area (Å²) >= 11 is 0. The molecule has 1 atom stereocenters. The Labute approximate surface area is 170 Å². The summed E-state index contributed by atoms with van der Waals surface area (Å²) in [6.45, 7) is 3.04. The summed E-state index contributed by atoms with van der Waals surface area (Å²) in [5, 5.41) is 9.14. The smallest absolute Gasteiger partial charge is 0.231 e. The molecule has 3 aromatic carbocycles. The maximum Gasteiger partial charge on any atom is 0.231 e. The number of aliphatic hydroxyl groups is 1. The van der Waals surface area contributed by atoms with E-state index in [1.165, 1.54) is 0 Å². The number of ether oxygens (including phenoxy) is 4. The lowest BCUT2D eigenvalue weighted by Gasteiger charge is -2.18. The molecule has 0 saturated carbocycles. The van der Waals surface area contributed by atoms with Gasteiger partial charge in [-0.2, -0.15) is 0 Å². The van der Waals surface area contributed by atoms with Gasteiger partial charge in [-0.25, -0.2) is 0 Å². The predicted molar refractivity (Wildman–Crippen MR) is 110 cm³/mol. The summed E-state index contributed by atoms with van der Waals surface area (Å²) < 4.78 is 22.6. The van der Waals surface area contributed by atoms with Crippen LogP contribution in [0.2, 0.25) is 0 Å². The number of hydrogen-bond donors (Lipinski definition) is 1. The molecule has 0 spiro atoms. The Morgan fingerprint density at radius 3 is 2.38 bits per heavy atom. The van der Waals surface area contributed by atoms with Crippen molar-refractivity contribution in [2.24, 2.45) is 0 Å². The normalized spacial score (nSPS) is 13.2. The Balaban J connectivity index is 1.51. The molecule has 5 heteroatoms. The summed E-state index contributed by atoms with van der Waals surface area (Å²) in [5.74, 6) is 2.97. The number of hydrogen-bond acceptors (Lipinski definition) is 5. The zero-order chi connectivity index (χ0) is 20.1. The van der Waals surface area contributed by atoms with E-state index in [4.69, 9.17) is 24.1 Å². The van der Waals surface area contributed by atoms with E-state index in [1.807, 2.05) is 54.6 Å². The lowest BCUT2D eigenvalue weighted by atomic mass is 9.92. The summed E-state index contributed by atoms with van der Waals surface area (Å²) in [7, 11) is 0. The predicted octanol–water partition coefficient (Wildman–Crippen LogP) is 4.52. The number of benzene rings is 3. The van der Waals surface area contributed by atoms with Crippen molar-refractivity contribution in [3.8, 4) is 23.0 Å². The van der Waals surface area contributed by atoms with Crippen LogP contribution in [-0.2, 0) is 6.61 Å². The van der Waals surface area contributed by atoms with Crippen LogP contribution in [0.5, 0.6) is 23.0 Å². The second-order valence-electron chi connectivity index (χ2n) is 6.88. The van der Waals surface area contributed by atoms with Crippen molar-refractivity contribution in [3.05, 3.63) is 83.4 Å². The van der Waals surface area contributed by atoms with Crippen molar-refractivity contribution < 1.29 is 24.1 Å². The molecular weight excluding hydrogens is 368 g/mol. The van der Waals surface area contributed by atoms with E-state index in [0.29, 0.717) is 23.9 Å². The first-order chi connectivity index (χ1) is 14.2. The first-order valence-corrected chi connectivity index (χ1v) is 9.68. The molecular formula is C24H24O5. The van der Waals surface area contributed by atoms with Gasteiger partial charge in [0, 0.05) is 17.5 Å². The van der Waals surface area contributed by atoms with Crippen molar-refractivity contribution in [1.82, 2.24) is 0 Å². The van der Waals surface area contributed by atoms with Gasteiger partial charge in [0.15, 0.2) is 11.5 Å². The van der Waals surface area contributed by atoms with Gasteiger partial charge >= 0.3 is 0 Å². The van der Waals surface area contributed by atoms with Crippen LogP contribution >= 0.6 is 0 Å². The second kappa shape index (κ2) is 8.88. The molecule has 0 aliphatic carbocycles. The lowest BCUT2D eigenvalue weighted by molar-refractivity contribution is 0.173. The Kier molecular flexibility index (Phi) is 5.86. The SMILES string of the molecule is C[C@@H](c1ccc(OCc2ccccc2)cc1)c1cc2c(cc1OCCO)OCO2. The lowest BCUT2D eigenvalue weighted by Crippen LogP contribution is -2.06. The van der Waals surface area contributed by atoms with E-state index in [-0.39, 0.29) is 25.9 Å². The molecule has 0 saturated heterocycles. The van der Waals surface area contributed by atoms with E-state index in [2.05, 4.69) is 19.1 Å². The molecule has 0 unspecified atom stereocenters. The molecule has 0 aromatic heterocycles. The van der Waals surface area contributed by atoms with Gasteiger partial charge in [-0.1, -0.05) is 49.4 Å². The fraction of sp³-hybridized carbons (Fsp3) is 0.250. The fourth-order valence-electron chi connectivity index (χ4n) is 3.33. The molecule has 0 bridgehead atoms. The van der Waals surface area contributed by atoms with Crippen LogP contribution in [0.4, 0.5) is 0 Å². The third kappa shape index (κ3) is 4.46. The Morgan fingerprint density at radius 1 is 0.931 bits per heavy atom. The standard InChI is InChI=1S/C24H24O5/c1-17(21-13-23-24(29-16-28-23)14-22(21)26-12-11-25)19-7-9-20(10-8-19)27-15-18-5-3-2-4-6-18/h2-10,13-14,17,25H,11-12,15-16H2,1H3/t17-/m0/s1. The minimum atomic E-state index is -0.0459. The molecule has 1 heterocycles. The molecule has 0 fully saturated rings. The van der Waals surface area contributed by atoms with E-state index >= 15 is 0 Å². The van der Waals surface area contributed by atoms with Gasteiger partial charge in [0.25, 0.3) is 0 Å². The average molecular weight is 392 g/mol. The van der Waals surface area contributed by atoms with Gasteiger partial charge in [0.05, 0.1) is 6.61 Å². The van der Waals surface area contributed by atoms with Crippen LogP contribution in [0.15, 0.2) is 66.7 Å². The summed E-state index contributed by atoms with van der Waals surface area (Å²) in [6, 6.07) is 22.0. The van der Waals surface area contributed by atoms with Gasteiger partial charge in [0.2, 0.25) is 6.79 Å². The molecule has 29 heavy (non-hydrogen) atoms. The zero-order valence-corrected chi connectivity index (χ0v) is 16.3. The van der Waals surface area contributed by atoms with Crippen LogP contribution in [0.25, 0.3) is 0 Å². The van der Waals surface area contributed by atoms with Crippen molar-refractivity contribution >= 4 is 0 Å². The highest BCUT2D eigenvalue weighted by Crippen LogP contribution is 2.42. The number of aliphatic hydroxyl groups excluding tert-OH is 1. The van der Waals surface area contributed by atoms with Crippen LogP contribution in [0.1, 0.15) is 29.5 Å². The summed E-state index contributed by atoms with van der Waals surface area (Å²) in [4.78, 5) is 0. The third-order valence-electron chi connectivity index (χ3n) is 4.95. The highest BCUT2D eigenvalue weighted by molar-refractivity contribution is 5.54. The highest BCUT2D eigenvalue weighted by Gasteiger charge is 2.22. The van der Waals surface area contributed by atoms with Crippen LogP contribution in [-0.4, -0.2) is 25.1 Å². The van der Waals surface area contributed by atoms with Gasteiger partial charge in [0.1, 0.15) is 24.7 Å². The molecule has 1 N–H and O–H groups in total. The van der Waals surface area contributed by atoms with E-state index in [1.54, 1.807) is 0 Å². The Morgan fingerprint density at radius 2 is 1.66 bits per heavy atom. The van der Waals surface area contributed by atoms with Crippen LogP contribution < -0.4 is 18.9 Å². The zero-order valence-electron chi connectivity index (χ0n) is 16.3. The first kappa shape index (κ1) is 19.2. The topological polar surface area (TPSA) is 57.2 Å². The molecule has 150 valence electrons. The summed E-state index contributed by atoms with van der Waals surface area (Å²) in [6.07, 6.45) is 0. The quantitative estimate of drug-likeness (QED) is 0.611. The van der Waals surface area contributed by atoms with Crippen molar-refractivity contribution in [3.63, 3.8) is 0 Å². The molecule has 5 nitrogen and oxygen atoms in total. The molecule has 0 amide bonds. The Hall–Kier alpha value is -3.18. The number of rotatable bonds is 8. The minimum Gasteiger partial charge on any atom is -0.491 e. The molecule has 1 aliphatic rings. The van der Waals surface area contributed by atoms with Gasteiger partial charge in [-0.15, -0.1) is 0 Å². The molecule has 3 aromatic rings. The first-order valence-electron chi connectivity index (χ1n) is 9.68. The second-order valence-corrected chi connectivity index (χ2v) is 6.88. The maximum atomic E-state index is 9.14. The largest absolute Gasteiger partial charge is 0.491 e. The van der Waals surface area contributed by atoms with E-state index < -0.39 is 0 Å². The van der Waals surface area contributed by atoms with Gasteiger partial charge in [-0.3, -0.25) is 0 Å². The Bertz CT molecular complexity index is 937. The number of fused-ring (bicyclic) bond motifs is 1. The molecule has 0 radical (unpaired) electrons. The van der Waals surface area contributed by atoms with Crippen molar-refractivity contribution in [2.45, 2.75) is 19.4 Å². The average Bonchev–Trinajstić information content (AvgIpc) is 3.23. The minimum absolute atomic E-state index is 0.0459. The van der Waals surface area contributed by atoms with Crippen molar-refractivity contribution in [1.29, 1.82) is 0 Å². The maximum absolute atomic E-state index is 9.14.